The molecule has 0 aromatic heterocycles. The predicted octanol–water partition coefficient (Wildman–Crippen LogP) is 5.65. The van der Waals surface area contributed by atoms with Crippen molar-refractivity contribution in [2.45, 2.75) is 30.1 Å². The van der Waals surface area contributed by atoms with Crippen LogP contribution in [0.5, 0.6) is 0 Å². The summed E-state index contributed by atoms with van der Waals surface area (Å²) in [6.45, 7) is 3.75. The molecule has 4 aromatic carbocycles. The van der Waals surface area contributed by atoms with Crippen LogP contribution in [0.15, 0.2) is 94.7 Å². The van der Waals surface area contributed by atoms with E-state index in [4.69, 9.17) is 0 Å². The number of rotatable bonds is 5. The molecular formula is C27H23NO5S2. The zero-order valence-electron chi connectivity index (χ0n) is 19.1. The fraction of sp³-hybridized carbons (Fsp3) is 0.111. The Morgan fingerprint density at radius 1 is 0.657 bits per heavy atom. The Kier molecular flexibility index (Phi) is 5.55. The zero-order chi connectivity index (χ0) is 25.0. The molecule has 35 heavy (non-hydrogen) atoms. The molecule has 0 saturated heterocycles. The summed E-state index contributed by atoms with van der Waals surface area (Å²) in [7, 11) is -8.32. The van der Waals surface area contributed by atoms with Crippen molar-refractivity contribution in [2.75, 3.05) is 4.31 Å². The number of sulfonamides is 1. The summed E-state index contributed by atoms with van der Waals surface area (Å²) in [5.74, 6) is 0. The molecule has 0 amide bonds. The van der Waals surface area contributed by atoms with Crippen molar-refractivity contribution in [3.05, 3.63) is 107 Å². The Bertz CT molecular complexity index is 1650. The van der Waals surface area contributed by atoms with Crippen LogP contribution in [0.25, 0.3) is 11.1 Å². The quantitative estimate of drug-likeness (QED) is 0.312. The monoisotopic (exact) mass is 505 g/mol. The normalized spacial score (nSPS) is 12.8. The molecule has 1 aliphatic rings. The van der Waals surface area contributed by atoms with Crippen molar-refractivity contribution in [1.29, 1.82) is 0 Å². The van der Waals surface area contributed by atoms with Gasteiger partial charge in [0.15, 0.2) is 0 Å². The lowest BCUT2D eigenvalue weighted by Crippen LogP contribution is -2.27. The van der Waals surface area contributed by atoms with E-state index in [-0.39, 0.29) is 9.79 Å². The number of nitrogens with zero attached hydrogens (tertiary/aromatic N) is 1. The Morgan fingerprint density at radius 3 is 1.60 bits per heavy atom. The van der Waals surface area contributed by atoms with Gasteiger partial charge in [0.2, 0.25) is 0 Å². The van der Waals surface area contributed by atoms with Crippen LogP contribution in [0.4, 0.5) is 11.4 Å². The van der Waals surface area contributed by atoms with Crippen LogP contribution in [0.2, 0.25) is 0 Å². The average Bonchev–Trinajstić information content (AvgIpc) is 3.18. The van der Waals surface area contributed by atoms with Crippen molar-refractivity contribution >= 4 is 31.5 Å². The summed E-state index contributed by atoms with van der Waals surface area (Å²) in [6, 6.07) is 24.1. The van der Waals surface area contributed by atoms with Crippen LogP contribution < -0.4 is 4.31 Å². The number of fused-ring (bicyclic) bond motifs is 3. The van der Waals surface area contributed by atoms with Gasteiger partial charge in [0.1, 0.15) is 0 Å². The second-order valence-corrected chi connectivity index (χ2v) is 11.8. The SMILES string of the molecule is Cc1ccccc1N(c1ccccc1C)S(=O)(=O)c1ccc2c(c1)Cc1cc(S(=O)(=O)O)ccc1-2. The van der Waals surface area contributed by atoms with Crippen molar-refractivity contribution in [1.82, 2.24) is 0 Å². The average molecular weight is 506 g/mol. The lowest BCUT2D eigenvalue weighted by molar-refractivity contribution is 0.483. The molecule has 0 aliphatic heterocycles. The number of para-hydroxylation sites is 2. The van der Waals surface area contributed by atoms with Gasteiger partial charge in [0.05, 0.1) is 21.2 Å². The maximum absolute atomic E-state index is 14.1. The summed E-state index contributed by atoms with van der Waals surface area (Å²) in [6.07, 6.45) is 0.367. The summed E-state index contributed by atoms with van der Waals surface area (Å²) < 4.78 is 62.1. The molecule has 0 unspecified atom stereocenters. The van der Waals surface area contributed by atoms with E-state index in [9.17, 15) is 21.4 Å². The van der Waals surface area contributed by atoms with Gasteiger partial charge in [-0.1, -0.05) is 48.5 Å². The number of aryl methyl sites for hydroxylation is 2. The highest BCUT2D eigenvalue weighted by Crippen LogP contribution is 2.41. The van der Waals surface area contributed by atoms with Gasteiger partial charge >= 0.3 is 0 Å². The molecule has 0 fully saturated rings. The molecule has 8 heteroatoms. The van der Waals surface area contributed by atoms with Gasteiger partial charge in [-0.15, -0.1) is 0 Å². The number of anilines is 2. The lowest BCUT2D eigenvalue weighted by Gasteiger charge is -2.27. The Labute approximate surface area is 205 Å². The van der Waals surface area contributed by atoms with Gasteiger partial charge in [0.25, 0.3) is 20.1 Å². The first-order valence-electron chi connectivity index (χ1n) is 11.0. The van der Waals surface area contributed by atoms with Crippen LogP contribution in [0, 0.1) is 13.8 Å². The van der Waals surface area contributed by atoms with Gasteiger partial charge < -0.3 is 0 Å². The maximum Gasteiger partial charge on any atom is 0.294 e. The zero-order valence-corrected chi connectivity index (χ0v) is 20.8. The first kappa shape index (κ1) is 23.3. The first-order valence-corrected chi connectivity index (χ1v) is 13.9. The van der Waals surface area contributed by atoms with Gasteiger partial charge in [-0.2, -0.15) is 8.42 Å². The van der Waals surface area contributed by atoms with Crippen molar-refractivity contribution in [2.24, 2.45) is 0 Å². The van der Waals surface area contributed by atoms with Crippen LogP contribution in [-0.4, -0.2) is 21.4 Å². The largest absolute Gasteiger partial charge is 0.294 e. The van der Waals surface area contributed by atoms with E-state index in [1.54, 1.807) is 36.4 Å². The van der Waals surface area contributed by atoms with Crippen molar-refractivity contribution in [3.8, 4) is 11.1 Å². The number of benzene rings is 4. The third kappa shape index (κ3) is 4.03. The van der Waals surface area contributed by atoms with E-state index in [2.05, 4.69) is 0 Å². The molecule has 178 valence electrons. The standard InChI is InChI=1S/C27H23NO5S2/c1-18-7-3-5-9-26(18)28(27-10-6-4-8-19(27)2)34(29,30)22-11-13-24-20(16-22)15-21-17-23(35(31,32)33)12-14-25(21)24/h3-14,16-17H,15H2,1-2H3,(H,31,32,33). The number of hydrogen-bond acceptors (Lipinski definition) is 4. The first-order chi connectivity index (χ1) is 16.6. The van der Waals surface area contributed by atoms with Crippen LogP contribution in [-0.2, 0) is 26.6 Å². The number of hydrogen-bond donors (Lipinski definition) is 1. The van der Waals surface area contributed by atoms with Crippen LogP contribution in [0.3, 0.4) is 0 Å². The Hall–Kier alpha value is -3.46. The molecule has 0 radical (unpaired) electrons. The molecule has 5 rings (SSSR count). The van der Waals surface area contributed by atoms with Gasteiger partial charge in [-0.25, -0.2) is 12.7 Å². The highest BCUT2D eigenvalue weighted by Gasteiger charge is 2.31. The highest BCUT2D eigenvalue weighted by molar-refractivity contribution is 7.93. The fourth-order valence-corrected chi connectivity index (χ4v) is 6.76. The van der Waals surface area contributed by atoms with Crippen molar-refractivity contribution in [3.63, 3.8) is 0 Å². The van der Waals surface area contributed by atoms with Crippen LogP contribution in [0.1, 0.15) is 22.3 Å². The molecule has 0 spiro atoms. The second kappa shape index (κ2) is 8.34. The Balaban J connectivity index is 1.63. The highest BCUT2D eigenvalue weighted by atomic mass is 32.2. The minimum Gasteiger partial charge on any atom is -0.282 e. The molecule has 6 nitrogen and oxygen atoms in total. The summed E-state index contributed by atoms with van der Waals surface area (Å²) in [5, 5.41) is 0. The third-order valence-electron chi connectivity index (χ3n) is 6.33. The molecule has 4 aromatic rings. The smallest absolute Gasteiger partial charge is 0.282 e. The molecule has 0 saturated carbocycles. The molecule has 0 heterocycles. The summed E-state index contributed by atoms with van der Waals surface area (Å²) >= 11 is 0. The van der Waals surface area contributed by atoms with Gasteiger partial charge in [-0.05, 0) is 90.0 Å². The molecule has 1 aliphatic carbocycles. The van der Waals surface area contributed by atoms with Gasteiger partial charge in [-0.3, -0.25) is 4.55 Å². The fourth-order valence-electron chi connectivity index (χ4n) is 4.56. The van der Waals surface area contributed by atoms with E-state index in [0.29, 0.717) is 17.8 Å². The van der Waals surface area contributed by atoms with E-state index >= 15 is 0 Å². The molecule has 1 N–H and O–H groups in total. The molecule has 0 bridgehead atoms. The maximum atomic E-state index is 14.1. The second-order valence-electron chi connectivity index (χ2n) is 8.63. The van der Waals surface area contributed by atoms with E-state index < -0.39 is 20.1 Å². The van der Waals surface area contributed by atoms with Crippen LogP contribution >= 0.6 is 0 Å². The van der Waals surface area contributed by atoms with Crippen molar-refractivity contribution < 1.29 is 21.4 Å². The third-order valence-corrected chi connectivity index (χ3v) is 8.90. The molecule has 0 atom stereocenters. The summed E-state index contributed by atoms with van der Waals surface area (Å²) in [4.78, 5) is -0.0345. The lowest BCUT2D eigenvalue weighted by atomic mass is 10.1. The van der Waals surface area contributed by atoms with E-state index in [1.165, 1.54) is 16.4 Å². The predicted molar refractivity (Wildman–Crippen MR) is 136 cm³/mol. The minimum atomic E-state index is -4.33. The molecular weight excluding hydrogens is 482 g/mol. The van der Waals surface area contributed by atoms with Gasteiger partial charge in [0, 0.05) is 0 Å². The van der Waals surface area contributed by atoms with E-state index in [0.717, 1.165) is 33.4 Å². The Morgan fingerprint density at radius 2 is 1.11 bits per heavy atom. The topological polar surface area (TPSA) is 91.8 Å². The minimum absolute atomic E-state index is 0.144. The summed E-state index contributed by atoms with van der Waals surface area (Å²) in [5.41, 5.74) is 5.97. The van der Waals surface area contributed by atoms with E-state index in [1.807, 2.05) is 50.2 Å².